The summed E-state index contributed by atoms with van der Waals surface area (Å²) in [6.45, 7) is 1.98. The molecule has 0 aliphatic heterocycles. The lowest BCUT2D eigenvalue weighted by Gasteiger charge is -2.29. The second kappa shape index (κ2) is 6.45. The molecule has 96 valence electrons. The van der Waals surface area contributed by atoms with E-state index in [1.54, 1.807) is 0 Å². The van der Waals surface area contributed by atoms with E-state index >= 15 is 0 Å². The first-order valence-electron chi connectivity index (χ1n) is 5.93. The van der Waals surface area contributed by atoms with Crippen LogP contribution in [0.1, 0.15) is 39.0 Å². The van der Waals surface area contributed by atoms with Gasteiger partial charge in [0.15, 0.2) is 0 Å². The van der Waals surface area contributed by atoms with Crippen LogP contribution in [0, 0.1) is 0 Å². The quantitative estimate of drug-likeness (QED) is 0.796. The molecular formula is C11H20F3NO. The number of alkyl halides is 3. The van der Waals surface area contributed by atoms with Crippen LogP contribution in [0.5, 0.6) is 0 Å². The topological polar surface area (TPSA) is 21.3 Å². The Balaban J connectivity index is 2.12. The summed E-state index contributed by atoms with van der Waals surface area (Å²) in [5.74, 6) is 0. The van der Waals surface area contributed by atoms with E-state index in [-0.39, 0.29) is 6.10 Å². The summed E-state index contributed by atoms with van der Waals surface area (Å²) >= 11 is 0. The zero-order valence-corrected chi connectivity index (χ0v) is 9.65. The molecule has 5 heteroatoms. The Morgan fingerprint density at radius 2 is 1.81 bits per heavy atom. The van der Waals surface area contributed by atoms with Crippen molar-refractivity contribution in [1.29, 1.82) is 0 Å². The number of ether oxygens (including phenoxy) is 1. The highest BCUT2D eigenvalue weighted by molar-refractivity contribution is 4.77. The van der Waals surface area contributed by atoms with E-state index in [1.165, 1.54) is 0 Å². The van der Waals surface area contributed by atoms with Crippen LogP contribution in [-0.2, 0) is 4.74 Å². The number of rotatable bonds is 5. The van der Waals surface area contributed by atoms with E-state index in [2.05, 4.69) is 12.2 Å². The molecule has 0 amide bonds. The molecule has 0 spiro atoms. The normalized spacial score (nSPS) is 27.0. The lowest BCUT2D eigenvalue weighted by Crippen LogP contribution is -2.36. The van der Waals surface area contributed by atoms with Crippen LogP contribution < -0.4 is 5.32 Å². The van der Waals surface area contributed by atoms with Crippen molar-refractivity contribution in [2.24, 2.45) is 0 Å². The number of hydrogen-bond acceptors (Lipinski definition) is 2. The molecule has 1 aliphatic rings. The molecule has 1 saturated carbocycles. The van der Waals surface area contributed by atoms with Crippen molar-refractivity contribution in [2.75, 3.05) is 13.2 Å². The molecule has 1 rings (SSSR count). The van der Waals surface area contributed by atoms with Crippen LogP contribution >= 0.6 is 0 Å². The van der Waals surface area contributed by atoms with Gasteiger partial charge in [0.1, 0.15) is 6.61 Å². The largest absolute Gasteiger partial charge is 0.411 e. The summed E-state index contributed by atoms with van der Waals surface area (Å²) < 4.78 is 40.6. The molecule has 1 aliphatic carbocycles. The average molecular weight is 239 g/mol. The van der Waals surface area contributed by atoms with Crippen molar-refractivity contribution >= 4 is 0 Å². The first-order valence-corrected chi connectivity index (χ1v) is 5.93. The molecule has 0 aromatic rings. The Morgan fingerprint density at radius 1 is 1.19 bits per heavy atom. The van der Waals surface area contributed by atoms with Crippen LogP contribution in [0.3, 0.4) is 0 Å². The first kappa shape index (κ1) is 13.8. The van der Waals surface area contributed by atoms with Gasteiger partial charge >= 0.3 is 6.18 Å². The smallest absolute Gasteiger partial charge is 0.369 e. The summed E-state index contributed by atoms with van der Waals surface area (Å²) in [5, 5.41) is 3.39. The van der Waals surface area contributed by atoms with Crippen molar-refractivity contribution in [3.05, 3.63) is 0 Å². The molecule has 0 heterocycles. The van der Waals surface area contributed by atoms with Crippen molar-refractivity contribution in [3.63, 3.8) is 0 Å². The highest BCUT2D eigenvalue weighted by Crippen LogP contribution is 2.24. The third-order valence-electron chi connectivity index (χ3n) is 2.84. The Morgan fingerprint density at radius 3 is 2.31 bits per heavy atom. The zero-order valence-electron chi connectivity index (χ0n) is 9.65. The van der Waals surface area contributed by atoms with Gasteiger partial charge in [-0.3, -0.25) is 0 Å². The van der Waals surface area contributed by atoms with E-state index in [4.69, 9.17) is 4.74 Å². The van der Waals surface area contributed by atoms with Gasteiger partial charge < -0.3 is 10.1 Å². The summed E-state index contributed by atoms with van der Waals surface area (Å²) in [6, 6.07) is 0.464. The molecular weight excluding hydrogens is 219 g/mol. The monoisotopic (exact) mass is 239 g/mol. The molecule has 0 bridgehead atoms. The average Bonchev–Trinajstić information content (AvgIpc) is 2.24. The van der Waals surface area contributed by atoms with Gasteiger partial charge in [0.2, 0.25) is 0 Å². The highest BCUT2D eigenvalue weighted by Gasteiger charge is 2.30. The first-order chi connectivity index (χ1) is 7.51. The molecule has 0 aromatic carbocycles. The standard InChI is InChI=1S/C11H20F3NO/c1-2-7-15-9-3-5-10(6-4-9)16-8-11(12,13)14/h9-10,15H,2-8H2,1H3. The fourth-order valence-electron chi connectivity index (χ4n) is 1.99. The molecule has 1 N–H and O–H groups in total. The Kier molecular flexibility index (Phi) is 5.55. The van der Waals surface area contributed by atoms with Gasteiger partial charge in [0.25, 0.3) is 0 Å². The van der Waals surface area contributed by atoms with E-state index in [0.717, 1.165) is 38.6 Å². The third kappa shape index (κ3) is 5.70. The van der Waals surface area contributed by atoms with E-state index < -0.39 is 12.8 Å². The van der Waals surface area contributed by atoms with Crippen LogP contribution in [0.25, 0.3) is 0 Å². The minimum Gasteiger partial charge on any atom is -0.369 e. The molecule has 0 atom stereocenters. The maximum absolute atomic E-state index is 11.9. The zero-order chi connectivity index (χ0) is 12.0. The number of halogens is 3. The predicted molar refractivity (Wildman–Crippen MR) is 56.3 cm³/mol. The second-order valence-electron chi connectivity index (χ2n) is 4.35. The summed E-state index contributed by atoms with van der Waals surface area (Å²) in [5.41, 5.74) is 0. The molecule has 16 heavy (non-hydrogen) atoms. The molecule has 0 radical (unpaired) electrons. The third-order valence-corrected chi connectivity index (χ3v) is 2.84. The van der Waals surface area contributed by atoms with Gasteiger partial charge in [-0.15, -0.1) is 0 Å². The fourth-order valence-corrected chi connectivity index (χ4v) is 1.99. The van der Waals surface area contributed by atoms with Gasteiger partial charge in [-0.05, 0) is 38.6 Å². The van der Waals surface area contributed by atoms with Gasteiger partial charge in [-0.25, -0.2) is 0 Å². The van der Waals surface area contributed by atoms with Crippen molar-refractivity contribution in [2.45, 2.75) is 57.3 Å². The molecule has 1 fully saturated rings. The fraction of sp³-hybridized carbons (Fsp3) is 1.00. The summed E-state index contributed by atoms with van der Waals surface area (Å²) in [4.78, 5) is 0. The highest BCUT2D eigenvalue weighted by atomic mass is 19.4. The van der Waals surface area contributed by atoms with E-state index in [1.807, 2.05) is 0 Å². The summed E-state index contributed by atoms with van der Waals surface area (Å²) in [6.07, 6.45) is -0.0109. The minimum atomic E-state index is -4.20. The Hall–Kier alpha value is -0.290. The van der Waals surface area contributed by atoms with Gasteiger partial charge in [-0.1, -0.05) is 6.92 Å². The van der Waals surface area contributed by atoms with Crippen molar-refractivity contribution < 1.29 is 17.9 Å². The van der Waals surface area contributed by atoms with Crippen LogP contribution in [-0.4, -0.2) is 31.5 Å². The predicted octanol–water partition coefficient (Wildman–Crippen LogP) is 2.88. The van der Waals surface area contributed by atoms with Gasteiger partial charge in [0, 0.05) is 6.04 Å². The lowest BCUT2D eigenvalue weighted by molar-refractivity contribution is -0.188. The molecule has 0 unspecified atom stereocenters. The van der Waals surface area contributed by atoms with Gasteiger partial charge in [-0.2, -0.15) is 13.2 Å². The Labute approximate surface area is 94.5 Å². The van der Waals surface area contributed by atoms with Crippen LogP contribution in [0.15, 0.2) is 0 Å². The van der Waals surface area contributed by atoms with Crippen molar-refractivity contribution in [3.8, 4) is 0 Å². The Bertz CT molecular complexity index is 188. The maximum atomic E-state index is 11.9. The maximum Gasteiger partial charge on any atom is 0.411 e. The second-order valence-corrected chi connectivity index (χ2v) is 4.35. The SMILES string of the molecule is CCCNC1CCC(OCC(F)(F)F)CC1. The van der Waals surface area contributed by atoms with Crippen LogP contribution in [0.4, 0.5) is 13.2 Å². The lowest BCUT2D eigenvalue weighted by atomic mass is 9.93. The molecule has 0 saturated heterocycles. The molecule has 2 nitrogen and oxygen atoms in total. The summed E-state index contributed by atoms with van der Waals surface area (Å²) in [7, 11) is 0. The van der Waals surface area contributed by atoms with Gasteiger partial charge in [0.05, 0.1) is 6.10 Å². The molecule has 0 aromatic heterocycles. The van der Waals surface area contributed by atoms with E-state index in [0.29, 0.717) is 6.04 Å². The van der Waals surface area contributed by atoms with E-state index in [9.17, 15) is 13.2 Å². The van der Waals surface area contributed by atoms with Crippen LogP contribution in [0.2, 0.25) is 0 Å². The number of hydrogen-bond donors (Lipinski definition) is 1. The minimum absolute atomic E-state index is 0.207. The number of nitrogens with one attached hydrogen (secondary N) is 1. The van der Waals surface area contributed by atoms with Crippen molar-refractivity contribution in [1.82, 2.24) is 5.32 Å².